The van der Waals surface area contributed by atoms with Gasteiger partial charge < -0.3 is 9.47 Å². The van der Waals surface area contributed by atoms with Crippen molar-refractivity contribution in [3.8, 4) is 0 Å². The normalized spacial score (nSPS) is 44.0. The van der Waals surface area contributed by atoms with Crippen LogP contribution < -0.4 is 0 Å². The molecule has 3 aliphatic carbocycles. The van der Waals surface area contributed by atoms with Crippen molar-refractivity contribution in [1.82, 2.24) is 0 Å². The monoisotopic (exact) mass is 296 g/mol. The van der Waals surface area contributed by atoms with E-state index >= 15 is 0 Å². The number of hydrogen-bond acceptors (Lipinski definition) is 2. The minimum atomic E-state index is 0.661. The first-order chi connectivity index (χ1) is 10.4. The molecule has 5 aliphatic rings. The van der Waals surface area contributed by atoms with Crippen molar-refractivity contribution < 1.29 is 9.47 Å². The zero-order valence-electron chi connectivity index (χ0n) is 14.6. The standard InChI is InChI=1S/C8H12O.C7H12O.2C2H6/c1-5-2-7-6(1)4-9-8(7)3-5;1-2-6-4-7(3-1)8-5-6;2*1-2/h5-8H,1-4H2;6-7H,1-5H2;2*1-2H3. The molecule has 2 nitrogen and oxygen atoms in total. The Balaban J connectivity index is 0.000000126. The molecule has 5 rings (SSSR count). The first kappa shape index (κ1) is 17.3. The van der Waals surface area contributed by atoms with E-state index in [-0.39, 0.29) is 0 Å². The average molecular weight is 296 g/mol. The van der Waals surface area contributed by atoms with E-state index in [0.717, 1.165) is 36.9 Å². The molecule has 21 heavy (non-hydrogen) atoms. The molecule has 0 radical (unpaired) electrons. The molecule has 5 fully saturated rings. The second-order valence-electron chi connectivity index (χ2n) is 6.86. The molecule has 3 saturated carbocycles. The lowest BCUT2D eigenvalue weighted by Crippen LogP contribution is -2.14. The molecule has 2 heteroatoms. The van der Waals surface area contributed by atoms with Gasteiger partial charge in [-0.15, -0.1) is 0 Å². The molecule has 124 valence electrons. The van der Waals surface area contributed by atoms with Gasteiger partial charge in [0.15, 0.2) is 0 Å². The number of fused-ring (bicyclic) bond motifs is 3. The third kappa shape index (κ3) is 4.01. The van der Waals surface area contributed by atoms with E-state index in [9.17, 15) is 0 Å². The Hall–Kier alpha value is -0.0800. The van der Waals surface area contributed by atoms with Crippen molar-refractivity contribution in [3.05, 3.63) is 0 Å². The molecule has 0 aromatic carbocycles. The molecule has 0 spiro atoms. The van der Waals surface area contributed by atoms with E-state index in [1.54, 1.807) is 0 Å². The summed E-state index contributed by atoms with van der Waals surface area (Å²) in [6.45, 7) is 10.1. The lowest BCUT2D eigenvalue weighted by molar-refractivity contribution is 0.102. The molecule has 6 atom stereocenters. The van der Waals surface area contributed by atoms with Crippen LogP contribution in [0.3, 0.4) is 0 Å². The van der Waals surface area contributed by atoms with Crippen LogP contribution >= 0.6 is 0 Å². The first-order valence-electron chi connectivity index (χ1n) is 9.61. The maximum Gasteiger partial charge on any atom is 0.0609 e. The van der Waals surface area contributed by atoms with Crippen LogP contribution in [0.2, 0.25) is 0 Å². The molecule has 4 bridgehead atoms. The Bertz CT molecular complexity index is 261. The maximum atomic E-state index is 5.63. The highest BCUT2D eigenvalue weighted by Gasteiger charge is 2.50. The first-order valence-corrected chi connectivity index (χ1v) is 9.61. The van der Waals surface area contributed by atoms with Gasteiger partial charge in [-0.05, 0) is 62.2 Å². The third-order valence-corrected chi connectivity index (χ3v) is 5.72. The van der Waals surface area contributed by atoms with Crippen molar-refractivity contribution in [3.63, 3.8) is 0 Å². The van der Waals surface area contributed by atoms with Crippen molar-refractivity contribution in [1.29, 1.82) is 0 Å². The second-order valence-corrected chi connectivity index (χ2v) is 6.86. The summed E-state index contributed by atoms with van der Waals surface area (Å²) in [5.41, 5.74) is 0. The van der Waals surface area contributed by atoms with Crippen molar-refractivity contribution in [2.24, 2.45) is 23.7 Å². The second kappa shape index (κ2) is 8.53. The molecule has 2 heterocycles. The summed E-state index contributed by atoms with van der Waals surface area (Å²) in [5, 5.41) is 0. The van der Waals surface area contributed by atoms with Crippen molar-refractivity contribution >= 4 is 0 Å². The van der Waals surface area contributed by atoms with E-state index in [0.29, 0.717) is 12.2 Å². The maximum absolute atomic E-state index is 5.63. The van der Waals surface area contributed by atoms with Crippen LogP contribution in [0.5, 0.6) is 0 Å². The van der Waals surface area contributed by atoms with E-state index < -0.39 is 0 Å². The minimum Gasteiger partial charge on any atom is -0.378 e. The Morgan fingerprint density at radius 1 is 0.714 bits per heavy atom. The summed E-state index contributed by atoms with van der Waals surface area (Å²) in [4.78, 5) is 0. The van der Waals surface area contributed by atoms with Crippen LogP contribution in [0.4, 0.5) is 0 Å². The lowest BCUT2D eigenvalue weighted by Gasteiger charge is -2.14. The van der Waals surface area contributed by atoms with Gasteiger partial charge in [0.25, 0.3) is 0 Å². The predicted octanol–water partition coefficient (Wildman–Crippen LogP) is 5.06. The Morgan fingerprint density at radius 2 is 1.52 bits per heavy atom. The quantitative estimate of drug-likeness (QED) is 0.622. The van der Waals surface area contributed by atoms with Crippen molar-refractivity contribution in [2.45, 2.75) is 84.8 Å². The Labute approximate surface area is 132 Å². The van der Waals surface area contributed by atoms with Gasteiger partial charge in [-0.1, -0.05) is 34.1 Å². The summed E-state index contributed by atoms with van der Waals surface area (Å²) in [5.74, 6) is 3.98. The summed E-state index contributed by atoms with van der Waals surface area (Å²) in [7, 11) is 0. The zero-order valence-corrected chi connectivity index (χ0v) is 14.6. The van der Waals surface area contributed by atoms with Gasteiger partial charge in [0.05, 0.1) is 18.8 Å². The summed E-state index contributed by atoms with van der Waals surface area (Å²) >= 11 is 0. The highest BCUT2D eigenvalue weighted by molar-refractivity contribution is 4.99. The van der Waals surface area contributed by atoms with Gasteiger partial charge in [-0.3, -0.25) is 0 Å². The Morgan fingerprint density at radius 3 is 2.10 bits per heavy atom. The molecule has 0 aromatic rings. The highest BCUT2D eigenvalue weighted by Crippen LogP contribution is 2.53. The Kier molecular flexibility index (Phi) is 7.01. The fraction of sp³-hybridized carbons (Fsp3) is 1.00. The van der Waals surface area contributed by atoms with Gasteiger partial charge in [0.2, 0.25) is 0 Å². The van der Waals surface area contributed by atoms with Gasteiger partial charge in [-0.2, -0.15) is 0 Å². The van der Waals surface area contributed by atoms with Crippen molar-refractivity contribution in [2.75, 3.05) is 13.2 Å². The molecule has 0 aromatic heterocycles. The largest absolute Gasteiger partial charge is 0.378 e. The van der Waals surface area contributed by atoms with Crippen LogP contribution in [-0.2, 0) is 9.47 Å². The van der Waals surface area contributed by atoms with Gasteiger partial charge >= 0.3 is 0 Å². The number of ether oxygens (including phenoxy) is 2. The molecule has 2 saturated heterocycles. The van der Waals surface area contributed by atoms with E-state index in [1.807, 2.05) is 27.7 Å². The van der Waals surface area contributed by atoms with E-state index in [1.165, 1.54) is 44.9 Å². The SMILES string of the molecule is C1CC2COC(C1)C2.C1OC2CC3CC1C2C3.CC.CC. The van der Waals surface area contributed by atoms with Crippen LogP contribution in [0, 0.1) is 23.7 Å². The van der Waals surface area contributed by atoms with Gasteiger partial charge in [0.1, 0.15) is 0 Å². The molecule has 0 amide bonds. The fourth-order valence-corrected chi connectivity index (χ4v) is 4.87. The van der Waals surface area contributed by atoms with Gasteiger partial charge in [-0.25, -0.2) is 0 Å². The highest BCUT2D eigenvalue weighted by atomic mass is 16.5. The average Bonchev–Trinajstić information content (AvgIpc) is 3.26. The molecule has 6 unspecified atom stereocenters. The molecular weight excluding hydrogens is 260 g/mol. The predicted molar refractivity (Wildman–Crippen MR) is 88.5 cm³/mol. The van der Waals surface area contributed by atoms with Crippen LogP contribution in [0.15, 0.2) is 0 Å². The summed E-state index contributed by atoms with van der Waals surface area (Å²) in [6, 6.07) is 0. The van der Waals surface area contributed by atoms with Crippen LogP contribution in [-0.4, -0.2) is 25.4 Å². The minimum absolute atomic E-state index is 0.661. The number of hydrogen-bond donors (Lipinski definition) is 0. The van der Waals surface area contributed by atoms with Crippen LogP contribution in [0.1, 0.15) is 72.6 Å². The molecule has 0 N–H and O–H groups in total. The van der Waals surface area contributed by atoms with E-state index in [2.05, 4.69) is 0 Å². The topological polar surface area (TPSA) is 18.5 Å². The van der Waals surface area contributed by atoms with Gasteiger partial charge in [0, 0.05) is 6.61 Å². The zero-order chi connectivity index (χ0) is 15.2. The third-order valence-electron chi connectivity index (χ3n) is 5.72. The summed E-state index contributed by atoms with van der Waals surface area (Å²) < 4.78 is 11.1. The van der Waals surface area contributed by atoms with E-state index in [4.69, 9.17) is 9.47 Å². The fourth-order valence-electron chi connectivity index (χ4n) is 4.87. The summed E-state index contributed by atoms with van der Waals surface area (Å²) in [6.07, 6.45) is 11.3. The molecular formula is C19H36O2. The smallest absolute Gasteiger partial charge is 0.0609 e. The van der Waals surface area contributed by atoms with Crippen LogP contribution in [0.25, 0.3) is 0 Å². The molecule has 2 aliphatic heterocycles. The number of rotatable bonds is 0. The lowest BCUT2D eigenvalue weighted by atomic mass is 9.90.